The maximum absolute atomic E-state index is 9.28. The predicted octanol–water partition coefficient (Wildman–Crippen LogP) is -0.117. The number of hydrogen-bond acceptors (Lipinski definition) is 3. The van der Waals surface area contributed by atoms with E-state index in [2.05, 4.69) is 6.58 Å². The Morgan fingerprint density at radius 1 is 1.50 bits per heavy atom. The quantitative estimate of drug-likeness (QED) is 0.501. The topological polar surface area (TPSA) is 49.7 Å². The molecular formula is C8H13O3Y-. The number of aliphatic hydroxyl groups excluding tert-OH is 2. The van der Waals surface area contributed by atoms with Crippen LogP contribution in [-0.4, -0.2) is 34.6 Å². The summed E-state index contributed by atoms with van der Waals surface area (Å²) in [6.07, 6.45) is 0.800. The number of aliphatic hydroxyl groups is 2. The smallest absolute Gasteiger partial charge is 0.0978 e. The summed E-state index contributed by atoms with van der Waals surface area (Å²) in [6.45, 7) is 5.30. The van der Waals surface area contributed by atoms with Crippen molar-refractivity contribution in [3.8, 4) is 0 Å². The molecule has 1 saturated heterocycles. The molecule has 1 fully saturated rings. The molecule has 0 aromatic heterocycles. The predicted molar refractivity (Wildman–Crippen MR) is 40.8 cm³/mol. The Morgan fingerprint density at radius 2 is 2.08 bits per heavy atom. The minimum atomic E-state index is -0.872. The van der Waals surface area contributed by atoms with Crippen LogP contribution in [0.15, 0.2) is 12.7 Å². The van der Waals surface area contributed by atoms with Gasteiger partial charge in [0.25, 0.3) is 0 Å². The van der Waals surface area contributed by atoms with Gasteiger partial charge in [0.15, 0.2) is 0 Å². The zero-order valence-corrected chi connectivity index (χ0v) is 9.89. The summed E-state index contributed by atoms with van der Waals surface area (Å²) in [5, 5.41) is 18.5. The third kappa shape index (κ3) is 2.89. The van der Waals surface area contributed by atoms with Crippen molar-refractivity contribution >= 4 is 0 Å². The van der Waals surface area contributed by atoms with E-state index in [1.165, 1.54) is 6.08 Å². The van der Waals surface area contributed by atoms with Gasteiger partial charge in [-0.2, -0.15) is 0 Å². The van der Waals surface area contributed by atoms with Gasteiger partial charge < -0.3 is 14.9 Å². The maximum Gasteiger partial charge on any atom is 0.0978 e. The molecular weight excluding hydrogens is 233 g/mol. The van der Waals surface area contributed by atoms with Crippen molar-refractivity contribution in [2.24, 2.45) is 0 Å². The molecule has 0 bridgehead atoms. The van der Waals surface area contributed by atoms with Crippen molar-refractivity contribution in [1.82, 2.24) is 0 Å². The Labute approximate surface area is 97.7 Å². The molecule has 4 atom stereocenters. The summed E-state index contributed by atoms with van der Waals surface area (Å²) < 4.78 is 5.23. The largest absolute Gasteiger partial charge is 0.422 e. The van der Waals surface area contributed by atoms with Crippen molar-refractivity contribution in [3.63, 3.8) is 0 Å². The van der Waals surface area contributed by atoms with E-state index in [1.54, 1.807) is 6.42 Å². The van der Waals surface area contributed by atoms with Crippen LogP contribution in [0.2, 0.25) is 0 Å². The molecule has 1 aliphatic heterocycles. The molecule has 2 N–H and O–H groups in total. The Balaban J connectivity index is 0.00000121. The van der Waals surface area contributed by atoms with Crippen LogP contribution in [0.5, 0.6) is 0 Å². The third-order valence-corrected chi connectivity index (χ3v) is 1.76. The molecule has 67 valence electrons. The van der Waals surface area contributed by atoms with E-state index in [-0.39, 0.29) is 38.8 Å². The van der Waals surface area contributed by atoms with Gasteiger partial charge in [-0.15, -0.1) is 6.58 Å². The van der Waals surface area contributed by atoms with E-state index in [4.69, 9.17) is 4.74 Å². The standard InChI is InChI=1S/C8H13O3.Y/c1-3-7-8(10)6(9)4-5(2)11-7;/h3-10H,1H2,2H3;/q-1;/t5?,6-,7-,8-;/m1./s1. The summed E-state index contributed by atoms with van der Waals surface area (Å²) in [4.78, 5) is 0. The molecule has 3 nitrogen and oxygen atoms in total. The molecule has 1 aliphatic rings. The van der Waals surface area contributed by atoms with Gasteiger partial charge in [0.2, 0.25) is 0 Å². The molecule has 4 heteroatoms. The summed E-state index contributed by atoms with van der Waals surface area (Å²) >= 11 is 0. The first-order chi connectivity index (χ1) is 5.15. The van der Waals surface area contributed by atoms with E-state index in [9.17, 15) is 10.2 Å². The van der Waals surface area contributed by atoms with Crippen LogP contribution >= 0.6 is 0 Å². The van der Waals surface area contributed by atoms with Crippen LogP contribution in [0, 0.1) is 6.42 Å². The molecule has 0 aliphatic carbocycles. The fraction of sp³-hybridized carbons (Fsp3) is 0.625. The second-order valence-electron chi connectivity index (χ2n) is 2.72. The van der Waals surface area contributed by atoms with E-state index >= 15 is 0 Å². The first kappa shape index (κ1) is 12.7. The van der Waals surface area contributed by atoms with Gasteiger partial charge >= 0.3 is 0 Å². The van der Waals surface area contributed by atoms with Gasteiger partial charge in [0.05, 0.1) is 12.2 Å². The van der Waals surface area contributed by atoms with Crippen LogP contribution in [-0.2, 0) is 37.4 Å². The van der Waals surface area contributed by atoms with Crippen molar-refractivity contribution in [2.45, 2.75) is 31.3 Å². The Hall–Kier alpha value is 0.724. The van der Waals surface area contributed by atoms with Crippen molar-refractivity contribution < 1.29 is 47.7 Å². The fourth-order valence-electron chi connectivity index (χ4n) is 1.15. The minimum Gasteiger partial charge on any atom is -0.422 e. The van der Waals surface area contributed by atoms with Crippen LogP contribution in [0.1, 0.15) is 6.92 Å². The molecule has 0 spiro atoms. The van der Waals surface area contributed by atoms with Gasteiger partial charge in [-0.3, -0.25) is 6.42 Å². The molecule has 1 rings (SSSR count). The Kier molecular flexibility index (Phi) is 5.78. The first-order valence-corrected chi connectivity index (χ1v) is 3.64. The minimum absolute atomic E-state index is 0. The summed E-state index contributed by atoms with van der Waals surface area (Å²) in [5.41, 5.74) is 0. The molecule has 0 aromatic rings. The number of hydrogen-bond donors (Lipinski definition) is 2. The summed E-state index contributed by atoms with van der Waals surface area (Å²) in [7, 11) is 0. The van der Waals surface area contributed by atoms with Crippen molar-refractivity contribution in [1.29, 1.82) is 0 Å². The molecule has 1 unspecified atom stereocenters. The molecule has 1 radical (unpaired) electrons. The summed E-state index contributed by atoms with van der Waals surface area (Å²) in [5.74, 6) is 0. The van der Waals surface area contributed by atoms with Gasteiger partial charge in [0, 0.05) is 32.7 Å². The Morgan fingerprint density at radius 3 is 2.58 bits per heavy atom. The zero-order valence-electron chi connectivity index (χ0n) is 7.05. The SMILES string of the molecule is C=C[C@H]1OC(C)[CH-][C@@H](O)[C@H]1O.[Y]. The average molecular weight is 246 g/mol. The molecule has 12 heavy (non-hydrogen) atoms. The van der Waals surface area contributed by atoms with Gasteiger partial charge in [-0.25, -0.2) is 0 Å². The van der Waals surface area contributed by atoms with E-state index in [1.807, 2.05) is 6.92 Å². The molecule has 1 heterocycles. The zero-order chi connectivity index (χ0) is 8.43. The third-order valence-electron chi connectivity index (χ3n) is 1.76. The molecule has 0 saturated carbocycles. The molecule has 0 amide bonds. The number of rotatable bonds is 1. The molecule has 0 aromatic carbocycles. The second-order valence-corrected chi connectivity index (χ2v) is 2.72. The fourth-order valence-corrected chi connectivity index (χ4v) is 1.15. The van der Waals surface area contributed by atoms with Crippen LogP contribution in [0.4, 0.5) is 0 Å². The van der Waals surface area contributed by atoms with Crippen LogP contribution < -0.4 is 0 Å². The normalized spacial score (nSPS) is 41.6. The Bertz CT molecular complexity index is 151. The van der Waals surface area contributed by atoms with Gasteiger partial charge in [-0.05, 0) is 6.10 Å². The van der Waals surface area contributed by atoms with Crippen LogP contribution in [0.25, 0.3) is 0 Å². The van der Waals surface area contributed by atoms with Crippen LogP contribution in [0.3, 0.4) is 0 Å². The second kappa shape index (κ2) is 5.45. The van der Waals surface area contributed by atoms with Gasteiger partial charge in [0.1, 0.15) is 0 Å². The van der Waals surface area contributed by atoms with Crippen molar-refractivity contribution in [2.75, 3.05) is 0 Å². The first-order valence-electron chi connectivity index (χ1n) is 3.64. The van der Waals surface area contributed by atoms with Crippen molar-refractivity contribution in [3.05, 3.63) is 19.1 Å². The van der Waals surface area contributed by atoms with E-state index in [0.29, 0.717) is 0 Å². The summed E-state index contributed by atoms with van der Waals surface area (Å²) in [6, 6.07) is 0. The van der Waals surface area contributed by atoms with E-state index in [0.717, 1.165) is 0 Å². The monoisotopic (exact) mass is 246 g/mol. The average Bonchev–Trinajstić information content (AvgIpc) is 1.96. The van der Waals surface area contributed by atoms with Gasteiger partial charge in [-0.1, -0.05) is 19.1 Å². The maximum atomic E-state index is 9.28. The van der Waals surface area contributed by atoms with E-state index < -0.39 is 18.3 Å². The number of ether oxygens (including phenoxy) is 1.